The fourth-order valence-corrected chi connectivity index (χ4v) is 4.66. The summed E-state index contributed by atoms with van der Waals surface area (Å²) in [5.41, 5.74) is 0. The largest absolute Gasteiger partial charge is 0.383 e. The number of hydrogen-bond acceptors (Lipinski definition) is 6. The van der Waals surface area contributed by atoms with Crippen molar-refractivity contribution >= 4 is 20.1 Å². The molecule has 0 aromatic carbocycles. The first-order chi connectivity index (χ1) is 10.5. The molecule has 0 saturated carbocycles. The third-order valence-corrected chi connectivity index (χ3v) is 7.40. The van der Waals surface area contributed by atoms with Gasteiger partial charge in [-0.3, -0.25) is 4.55 Å². The fraction of sp³-hybridized carbons (Fsp3) is 1.00. The minimum absolute atomic E-state index is 0.231. The average molecular weight is 373 g/mol. The van der Waals surface area contributed by atoms with Crippen molar-refractivity contribution in [3.63, 3.8) is 0 Å². The zero-order chi connectivity index (χ0) is 17.7. The second-order valence-corrected chi connectivity index (χ2v) is 10.2. The first-order valence-electron chi connectivity index (χ1n) is 7.71. The third kappa shape index (κ3) is 6.28. The number of rotatable bonds is 12. The average Bonchev–Trinajstić information content (AvgIpc) is 2.80. The Hall–Kier alpha value is -0.260. The lowest BCUT2D eigenvalue weighted by molar-refractivity contribution is 0.145. The molecule has 8 nitrogen and oxygen atoms in total. The van der Waals surface area contributed by atoms with Gasteiger partial charge in [0.1, 0.15) is 4.87 Å². The quantitative estimate of drug-likeness (QED) is 0.300. The van der Waals surface area contributed by atoms with Crippen LogP contribution in [0.4, 0.5) is 0 Å². The number of nitrogens with zero attached hydrogens (tertiary/aromatic N) is 2. The summed E-state index contributed by atoms with van der Waals surface area (Å²) in [5.74, 6) is -0.231. The molecule has 23 heavy (non-hydrogen) atoms. The molecule has 0 aromatic heterocycles. The van der Waals surface area contributed by atoms with Crippen molar-refractivity contribution in [1.82, 2.24) is 9.21 Å². The molecular weight excluding hydrogens is 344 g/mol. The standard InChI is InChI=1S/C13H28N2O6S2/c1-13(2)15(23(13,19)20)9-6-8-14(10-11-21-3)7-4-5-12-22(16,17)18/h4-12H2,1-3H3,(H,16,17,18). The van der Waals surface area contributed by atoms with Crippen LogP contribution in [0, 0.1) is 0 Å². The second kappa shape index (κ2) is 8.21. The molecule has 1 rings (SSSR count). The lowest BCUT2D eigenvalue weighted by Gasteiger charge is -2.21. The van der Waals surface area contributed by atoms with Crippen molar-refractivity contribution < 1.29 is 26.1 Å². The van der Waals surface area contributed by atoms with Crippen LogP contribution >= 0.6 is 0 Å². The highest BCUT2D eigenvalue weighted by molar-refractivity contribution is 7.96. The smallest absolute Gasteiger partial charge is 0.264 e. The van der Waals surface area contributed by atoms with Gasteiger partial charge < -0.3 is 9.64 Å². The summed E-state index contributed by atoms with van der Waals surface area (Å²) in [6.45, 7) is 6.56. The van der Waals surface area contributed by atoms with Gasteiger partial charge in [-0.15, -0.1) is 0 Å². The molecule has 0 spiro atoms. The fourth-order valence-electron chi connectivity index (χ4n) is 2.48. The number of sulfonamides is 1. The van der Waals surface area contributed by atoms with Gasteiger partial charge in [-0.05, 0) is 46.2 Å². The van der Waals surface area contributed by atoms with Crippen molar-refractivity contribution in [2.24, 2.45) is 0 Å². The highest BCUT2D eigenvalue weighted by Crippen LogP contribution is 2.42. The first kappa shape index (κ1) is 20.8. The molecule has 0 bridgehead atoms. The molecule has 1 heterocycles. The Balaban J connectivity index is 2.31. The highest BCUT2D eigenvalue weighted by Gasteiger charge is 2.62. The van der Waals surface area contributed by atoms with Gasteiger partial charge in [-0.1, -0.05) is 0 Å². The Kier molecular flexibility index (Phi) is 7.42. The van der Waals surface area contributed by atoms with Gasteiger partial charge in [0.05, 0.1) is 12.4 Å². The van der Waals surface area contributed by atoms with Crippen LogP contribution in [0.1, 0.15) is 33.1 Å². The summed E-state index contributed by atoms with van der Waals surface area (Å²) in [6, 6.07) is 0. The van der Waals surface area contributed by atoms with E-state index in [9.17, 15) is 16.8 Å². The van der Waals surface area contributed by atoms with Gasteiger partial charge in [0.2, 0.25) is 10.0 Å². The van der Waals surface area contributed by atoms with E-state index in [1.165, 1.54) is 4.31 Å². The van der Waals surface area contributed by atoms with Crippen LogP contribution < -0.4 is 0 Å². The Labute approximate surface area is 139 Å². The summed E-state index contributed by atoms with van der Waals surface area (Å²) < 4.78 is 60.0. The van der Waals surface area contributed by atoms with Crippen molar-refractivity contribution in [2.45, 2.75) is 38.0 Å². The van der Waals surface area contributed by atoms with Crippen LogP contribution in [0.15, 0.2) is 0 Å². The van der Waals surface area contributed by atoms with Gasteiger partial charge in [0.15, 0.2) is 0 Å². The van der Waals surface area contributed by atoms with Crippen LogP contribution in [-0.2, 0) is 24.9 Å². The topological polar surface area (TPSA) is 104 Å². The molecule has 1 N–H and O–H groups in total. The number of unbranched alkanes of at least 4 members (excludes halogenated alkanes) is 1. The summed E-state index contributed by atoms with van der Waals surface area (Å²) >= 11 is 0. The minimum Gasteiger partial charge on any atom is -0.383 e. The predicted octanol–water partition coefficient (Wildman–Crippen LogP) is 0.374. The van der Waals surface area contributed by atoms with E-state index < -0.39 is 25.0 Å². The maximum Gasteiger partial charge on any atom is 0.264 e. The lowest BCUT2D eigenvalue weighted by Crippen LogP contribution is -2.31. The molecular formula is C13H28N2O6S2. The van der Waals surface area contributed by atoms with E-state index in [1.54, 1.807) is 21.0 Å². The molecule has 0 radical (unpaired) electrons. The van der Waals surface area contributed by atoms with Gasteiger partial charge in [-0.25, -0.2) is 8.42 Å². The molecule has 0 aromatic rings. The molecule has 0 aliphatic carbocycles. The molecule has 138 valence electrons. The van der Waals surface area contributed by atoms with Crippen molar-refractivity contribution in [1.29, 1.82) is 0 Å². The van der Waals surface area contributed by atoms with E-state index in [4.69, 9.17) is 9.29 Å². The Morgan fingerprint density at radius 1 is 1.13 bits per heavy atom. The van der Waals surface area contributed by atoms with E-state index in [1.807, 2.05) is 0 Å². The van der Waals surface area contributed by atoms with Gasteiger partial charge in [0.25, 0.3) is 10.1 Å². The van der Waals surface area contributed by atoms with Crippen molar-refractivity contribution in [2.75, 3.05) is 45.6 Å². The number of ether oxygens (including phenoxy) is 1. The van der Waals surface area contributed by atoms with Crippen LogP contribution in [-0.4, -0.2) is 81.1 Å². The summed E-state index contributed by atoms with van der Waals surface area (Å²) in [5, 5.41) is 0. The zero-order valence-corrected chi connectivity index (χ0v) is 15.7. The highest BCUT2D eigenvalue weighted by atomic mass is 32.2. The van der Waals surface area contributed by atoms with E-state index in [0.717, 1.165) is 6.54 Å². The molecule has 1 aliphatic heterocycles. The maximum atomic E-state index is 11.7. The maximum absolute atomic E-state index is 11.7. The molecule has 1 saturated heterocycles. The summed E-state index contributed by atoms with van der Waals surface area (Å²) in [6.07, 6.45) is 1.76. The third-order valence-electron chi connectivity index (χ3n) is 4.06. The predicted molar refractivity (Wildman–Crippen MR) is 88.3 cm³/mol. The Morgan fingerprint density at radius 2 is 1.70 bits per heavy atom. The van der Waals surface area contributed by atoms with Gasteiger partial charge >= 0.3 is 0 Å². The van der Waals surface area contributed by atoms with Crippen LogP contribution in [0.3, 0.4) is 0 Å². The first-order valence-corrected chi connectivity index (χ1v) is 10.8. The zero-order valence-electron chi connectivity index (χ0n) is 14.1. The molecule has 1 aliphatic rings. The summed E-state index contributed by atoms with van der Waals surface area (Å²) in [7, 11) is -5.38. The number of hydrogen-bond donors (Lipinski definition) is 1. The second-order valence-electron chi connectivity index (χ2n) is 6.21. The van der Waals surface area contributed by atoms with E-state index in [-0.39, 0.29) is 5.75 Å². The van der Waals surface area contributed by atoms with E-state index in [2.05, 4.69) is 4.90 Å². The van der Waals surface area contributed by atoms with Gasteiger partial charge in [0, 0.05) is 20.2 Å². The van der Waals surface area contributed by atoms with Gasteiger partial charge in [-0.2, -0.15) is 12.7 Å². The van der Waals surface area contributed by atoms with Crippen LogP contribution in [0.25, 0.3) is 0 Å². The molecule has 1 atom stereocenters. The SMILES string of the molecule is COCCN(CCCCS(=O)(=O)O)CCCN1C(C)(C)S1(=O)=O. The van der Waals surface area contributed by atoms with Crippen molar-refractivity contribution in [3.05, 3.63) is 0 Å². The van der Waals surface area contributed by atoms with Crippen molar-refractivity contribution in [3.8, 4) is 0 Å². The molecule has 10 heteroatoms. The van der Waals surface area contributed by atoms with E-state index in [0.29, 0.717) is 45.5 Å². The van der Waals surface area contributed by atoms with Crippen LogP contribution in [0.5, 0.6) is 0 Å². The lowest BCUT2D eigenvalue weighted by atomic mass is 10.3. The normalized spacial score (nSPS) is 22.4. The van der Waals surface area contributed by atoms with Crippen LogP contribution in [0.2, 0.25) is 0 Å². The molecule has 0 amide bonds. The number of methoxy groups -OCH3 is 1. The molecule has 1 fully saturated rings. The Morgan fingerprint density at radius 3 is 2.17 bits per heavy atom. The molecule has 1 unspecified atom stereocenters. The van der Waals surface area contributed by atoms with E-state index >= 15 is 0 Å². The minimum atomic E-state index is -3.90. The Bertz CT molecular complexity index is 573. The summed E-state index contributed by atoms with van der Waals surface area (Å²) in [4.78, 5) is 1.37. The monoisotopic (exact) mass is 372 g/mol.